The molecule has 108 valence electrons. The fourth-order valence-corrected chi connectivity index (χ4v) is 3.56. The lowest BCUT2D eigenvalue weighted by atomic mass is 9.80. The molecule has 0 amide bonds. The molecule has 2 aliphatic rings. The highest BCUT2D eigenvalue weighted by Gasteiger charge is 2.29. The molecule has 0 saturated carbocycles. The molecule has 3 heteroatoms. The second kappa shape index (κ2) is 5.24. The lowest BCUT2D eigenvalue weighted by molar-refractivity contribution is 0.131. The van der Waals surface area contributed by atoms with Gasteiger partial charge in [-0.05, 0) is 47.6 Å². The van der Waals surface area contributed by atoms with E-state index in [2.05, 4.69) is 23.2 Å². The first kappa shape index (κ1) is 13.0. The summed E-state index contributed by atoms with van der Waals surface area (Å²) in [5, 5.41) is 10.8. The second-order valence-corrected chi connectivity index (χ2v) is 6.01. The third-order valence-corrected chi connectivity index (χ3v) is 4.71. The number of pyridine rings is 1. The lowest BCUT2D eigenvalue weighted by Crippen LogP contribution is -2.18. The van der Waals surface area contributed by atoms with Crippen molar-refractivity contribution in [3.05, 3.63) is 64.5 Å². The van der Waals surface area contributed by atoms with E-state index in [0.717, 1.165) is 30.5 Å². The molecule has 0 spiro atoms. The van der Waals surface area contributed by atoms with Gasteiger partial charge >= 0.3 is 0 Å². The van der Waals surface area contributed by atoms with Gasteiger partial charge in [0, 0.05) is 17.8 Å². The Hall–Kier alpha value is -1.71. The van der Waals surface area contributed by atoms with Gasteiger partial charge in [-0.25, -0.2) is 0 Å². The van der Waals surface area contributed by atoms with Crippen LogP contribution in [0.2, 0.25) is 0 Å². The second-order valence-electron chi connectivity index (χ2n) is 6.01. The smallest absolute Gasteiger partial charge is 0.0873 e. The maximum absolute atomic E-state index is 10.8. The molecule has 0 fully saturated rings. The number of hydrogen-bond donors (Lipinski definition) is 1. The van der Waals surface area contributed by atoms with Crippen LogP contribution < -0.4 is 0 Å². The van der Waals surface area contributed by atoms with Crippen LogP contribution in [0.1, 0.15) is 52.8 Å². The van der Waals surface area contributed by atoms with Gasteiger partial charge in [0.05, 0.1) is 19.3 Å². The van der Waals surface area contributed by atoms with Crippen LogP contribution >= 0.6 is 0 Å². The molecular weight excluding hydrogens is 262 g/mol. The Bertz CT molecular complexity index is 668. The third kappa shape index (κ3) is 2.27. The number of ether oxygens (including phenoxy) is 1. The van der Waals surface area contributed by atoms with Crippen LogP contribution in [0, 0.1) is 0 Å². The highest BCUT2D eigenvalue weighted by molar-refractivity contribution is 5.36. The van der Waals surface area contributed by atoms with Gasteiger partial charge < -0.3 is 9.84 Å². The van der Waals surface area contributed by atoms with Crippen LogP contribution in [0.15, 0.2) is 36.5 Å². The Morgan fingerprint density at radius 3 is 3.00 bits per heavy atom. The van der Waals surface area contributed by atoms with E-state index >= 15 is 0 Å². The van der Waals surface area contributed by atoms with Crippen LogP contribution in [0.25, 0.3) is 0 Å². The molecule has 1 N–H and O–H groups in total. The van der Waals surface area contributed by atoms with Crippen molar-refractivity contribution in [2.24, 2.45) is 0 Å². The van der Waals surface area contributed by atoms with Gasteiger partial charge in [0.15, 0.2) is 0 Å². The molecule has 1 aliphatic carbocycles. The van der Waals surface area contributed by atoms with Crippen molar-refractivity contribution in [2.75, 3.05) is 0 Å². The highest BCUT2D eigenvalue weighted by Crippen LogP contribution is 2.39. The molecule has 0 bridgehead atoms. The molecule has 2 atom stereocenters. The Balaban J connectivity index is 1.68. The molecule has 0 saturated heterocycles. The third-order valence-electron chi connectivity index (χ3n) is 4.71. The van der Waals surface area contributed by atoms with Crippen LogP contribution in [0.5, 0.6) is 0 Å². The van der Waals surface area contributed by atoms with Crippen molar-refractivity contribution in [1.29, 1.82) is 0 Å². The maximum Gasteiger partial charge on any atom is 0.0873 e. The monoisotopic (exact) mass is 281 g/mol. The topological polar surface area (TPSA) is 42.4 Å². The minimum absolute atomic E-state index is 0.107. The van der Waals surface area contributed by atoms with E-state index in [1.165, 1.54) is 16.7 Å². The largest absolute Gasteiger partial charge is 0.388 e. The van der Waals surface area contributed by atoms with Crippen molar-refractivity contribution < 1.29 is 9.84 Å². The van der Waals surface area contributed by atoms with E-state index in [9.17, 15) is 5.11 Å². The van der Waals surface area contributed by atoms with Crippen LogP contribution in [0.4, 0.5) is 0 Å². The Morgan fingerprint density at radius 1 is 1.14 bits per heavy atom. The van der Waals surface area contributed by atoms with E-state index in [4.69, 9.17) is 4.74 Å². The Labute approximate surface area is 124 Å². The average molecular weight is 281 g/mol. The summed E-state index contributed by atoms with van der Waals surface area (Å²) >= 11 is 0. The summed E-state index contributed by atoms with van der Waals surface area (Å²) in [5.74, 6) is 0.107. The van der Waals surface area contributed by atoms with Gasteiger partial charge in [0.1, 0.15) is 0 Å². The van der Waals surface area contributed by atoms with E-state index in [1.807, 2.05) is 18.3 Å². The number of aromatic nitrogens is 1. The summed E-state index contributed by atoms with van der Waals surface area (Å²) in [6.45, 7) is 1.36. The molecule has 2 aromatic rings. The molecule has 1 aromatic carbocycles. The molecule has 4 rings (SSSR count). The van der Waals surface area contributed by atoms with Gasteiger partial charge in [-0.15, -0.1) is 0 Å². The van der Waals surface area contributed by atoms with Crippen molar-refractivity contribution in [3.8, 4) is 0 Å². The Morgan fingerprint density at radius 2 is 2.05 bits per heavy atom. The zero-order chi connectivity index (χ0) is 14.2. The summed E-state index contributed by atoms with van der Waals surface area (Å²) in [4.78, 5) is 4.54. The van der Waals surface area contributed by atoms with Gasteiger partial charge in [-0.1, -0.05) is 24.3 Å². The van der Waals surface area contributed by atoms with Gasteiger partial charge in [-0.3, -0.25) is 4.98 Å². The normalized spacial score (nSPS) is 21.7. The van der Waals surface area contributed by atoms with Gasteiger partial charge in [-0.2, -0.15) is 0 Å². The first-order chi connectivity index (χ1) is 10.3. The Kier molecular flexibility index (Phi) is 3.24. The number of rotatable bonds is 2. The predicted octanol–water partition coefficient (Wildman–Crippen LogP) is 3.27. The molecule has 0 radical (unpaired) electrons. The minimum atomic E-state index is -0.482. The summed E-state index contributed by atoms with van der Waals surface area (Å²) in [7, 11) is 0. The summed E-state index contributed by atoms with van der Waals surface area (Å²) in [6, 6.07) is 10.3. The van der Waals surface area contributed by atoms with Gasteiger partial charge in [0.2, 0.25) is 0 Å². The number of nitrogens with zero attached hydrogens (tertiary/aromatic N) is 1. The van der Waals surface area contributed by atoms with Crippen molar-refractivity contribution >= 4 is 0 Å². The summed E-state index contributed by atoms with van der Waals surface area (Å²) < 4.78 is 5.46. The number of benzene rings is 1. The maximum atomic E-state index is 10.8. The van der Waals surface area contributed by atoms with E-state index in [1.54, 1.807) is 0 Å². The number of aryl methyl sites for hydroxylation is 1. The number of aliphatic hydroxyl groups is 1. The van der Waals surface area contributed by atoms with Crippen LogP contribution in [-0.2, 0) is 24.4 Å². The first-order valence-corrected chi connectivity index (χ1v) is 7.64. The molecule has 1 aliphatic heterocycles. The molecule has 2 heterocycles. The summed E-state index contributed by atoms with van der Waals surface area (Å²) in [5.41, 5.74) is 5.81. The number of hydrogen-bond acceptors (Lipinski definition) is 3. The van der Waals surface area contributed by atoms with E-state index in [-0.39, 0.29) is 5.92 Å². The first-order valence-electron chi connectivity index (χ1n) is 7.64. The van der Waals surface area contributed by atoms with Gasteiger partial charge in [0.25, 0.3) is 0 Å². The lowest BCUT2D eigenvalue weighted by Gasteiger charge is -2.28. The standard InChI is InChI=1S/C18H19NO2/c20-18(13-6-7-14-10-21-11-15(14)9-13)16-5-1-3-12-4-2-8-19-17(12)16/h2,4,6-9,16,18,20H,1,3,5,10-11H2. The zero-order valence-corrected chi connectivity index (χ0v) is 12.0. The fourth-order valence-electron chi connectivity index (χ4n) is 3.56. The number of aliphatic hydroxyl groups excluding tert-OH is 1. The summed E-state index contributed by atoms with van der Waals surface area (Å²) in [6.07, 6.45) is 4.54. The van der Waals surface area contributed by atoms with Crippen molar-refractivity contribution in [3.63, 3.8) is 0 Å². The molecule has 21 heavy (non-hydrogen) atoms. The molecule has 3 nitrogen and oxygen atoms in total. The molecule has 1 aromatic heterocycles. The molecular formula is C18H19NO2. The van der Waals surface area contributed by atoms with Crippen LogP contribution in [0.3, 0.4) is 0 Å². The zero-order valence-electron chi connectivity index (χ0n) is 12.0. The fraction of sp³-hybridized carbons (Fsp3) is 0.389. The SMILES string of the molecule is OC(c1ccc2c(c1)COC2)C1CCCc2cccnc21. The average Bonchev–Trinajstić information content (AvgIpc) is 3.01. The highest BCUT2D eigenvalue weighted by atomic mass is 16.5. The number of fused-ring (bicyclic) bond motifs is 2. The quantitative estimate of drug-likeness (QED) is 0.918. The van der Waals surface area contributed by atoms with Crippen molar-refractivity contribution in [1.82, 2.24) is 4.98 Å². The van der Waals surface area contributed by atoms with Crippen molar-refractivity contribution in [2.45, 2.75) is 44.5 Å². The molecule has 2 unspecified atom stereocenters. The van der Waals surface area contributed by atoms with E-state index in [0.29, 0.717) is 13.2 Å². The van der Waals surface area contributed by atoms with E-state index < -0.39 is 6.10 Å². The van der Waals surface area contributed by atoms with Crippen LogP contribution in [-0.4, -0.2) is 10.1 Å². The minimum Gasteiger partial charge on any atom is -0.388 e. The predicted molar refractivity (Wildman–Crippen MR) is 79.8 cm³/mol.